The molecule has 0 bridgehead atoms. The monoisotopic (exact) mass is 720 g/mol. The Labute approximate surface area is 325 Å². The van der Waals surface area contributed by atoms with Gasteiger partial charge in [0.1, 0.15) is 0 Å². The van der Waals surface area contributed by atoms with Gasteiger partial charge in [-0.1, -0.05) is 152 Å². The van der Waals surface area contributed by atoms with Crippen LogP contribution in [-0.2, 0) is 0 Å². The summed E-state index contributed by atoms with van der Waals surface area (Å²) in [6.07, 6.45) is 0. The molecule has 0 aliphatic carbocycles. The summed E-state index contributed by atoms with van der Waals surface area (Å²) in [7, 11) is 0. The van der Waals surface area contributed by atoms with Crippen LogP contribution in [0, 0.1) is 0 Å². The Kier molecular flexibility index (Phi) is 8.40. The number of rotatable bonds is 8. The van der Waals surface area contributed by atoms with Crippen LogP contribution >= 0.6 is 11.3 Å². The molecular weight excluding hydrogens is 685 g/mol. The van der Waals surface area contributed by atoms with E-state index in [4.69, 9.17) is 0 Å². The summed E-state index contributed by atoms with van der Waals surface area (Å²) in [5.74, 6) is 0. The largest absolute Gasteiger partial charge is 0.310 e. The quantitative estimate of drug-likeness (QED) is 0.154. The van der Waals surface area contributed by atoms with Crippen LogP contribution in [0.25, 0.3) is 53.2 Å². The molecular formula is C52H36N2S. The number of thiophene rings is 1. The topological polar surface area (TPSA) is 6.48 Å². The number of hydrogen-bond acceptors (Lipinski definition) is 3. The third-order valence-electron chi connectivity index (χ3n) is 10.4. The normalized spacial score (nSPS) is 11.3. The van der Waals surface area contributed by atoms with Crippen molar-refractivity contribution < 1.29 is 0 Å². The Balaban J connectivity index is 1.08. The zero-order valence-corrected chi connectivity index (χ0v) is 30.9. The van der Waals surface area contributed by atoms with Crippen molar-refractivity contribution in [2.45, 2.75) is 0 Å². The predicted octanol–water partition coefficient (Wildman–Crippen LogP) is 15.5. The number of benzene rings is 9. The summed E-state index contributed by atoms with van der Waals surface area (Å²) >= 11 is 1.86. The predicted molar refractivity (Wildman–Crippen MR) is 237 cm³/mol. The highest BCUT2D eigenvalue weighted by atomic mass is 32.1. The molecule has 9 aromatic carbocycles. The molecule has 0 amide bonds. The van der Waals surface area contributed by atoms with E-state index in [1.165, 1.54) is 58.9 Å². The van der Waals surface area contributed by atoms with Crippen molar-refractivity contribution in [2.24, 2.45) is 0 Å². The maximum absolute atomic E-state index is 2.39. The number of hydrogen-bond donors (Lipinski definition) is 0. The summed E-state index contributed by atoms with van der Waals surface area (Å²) in [4.78, 5) is 4.76. The fourth-order valence-electron chi connectivity index (χ4n) is 7.75. The summed E-state index contributed by atoms with van der Waals surface area (Å²) in [6.45, 7) is 0. The second kappa shape index (κ2) is 14.1. The van der Waals surface area contributed by atoms with Crippen molar-refractivity contribution in [3.05, 3.63) is 218 Å². The van der Waals surface area contributed by atoms with Crippen LogP contribution < -0.4 is 9.80 Å². The molecule has 0 radical (unpaired) electrons. The van der Waals surface area contributed by atoms with E-state index in [1.807, 2.05) is 11.3 Å². The lowest BCUT2D eigenvalue weighted by molar-refractivity contribution is 1.29. The molecule has 2 nitrogen and oxygen atoms in total. The molecule has 0 N–H and O–H groups in total. The molecule has 0 saturated carbocycles. The van der Waals surface area contributed by atoms with E-state index in [9.17, 15) is 0 Å². The van der Waals surface area contributed by atoms with E-state index in [0.29, 0.717) is 0 Å². The summed E-state index contributed by atoms with van der Waals surface area (Å²) in [6, 6.07) is 78.8. The fraction of sp³-hybridized carbons (Fsp3) is 0. The van der Waals surface area contributed by atoms with Crippen molar-refractivity contribution in [1.82, 2.24) is 0 Å². The van der Waals surface area contributed by atoms with Crippen LogP contribution in [0.1, 0.15) is 0 Å². The minimum Gasteiger partial charge on any atom is -0.310 e. The molecule has 1 heterocycles. The van der Waals surface area contributed by atoms with E-state index in [1.54, 1.807) is 0 Å². The Morgan fingerprint density at radius 2 is 0.691 bits per heavy atom. The first kappa shape index (κ1) is 32.7. The Bertz CT molecular complexity index is 2810. The van der Waals surface area contributed by atoms with Crippen LogP contribution in [0.4, 0.5) is 34.1 Å². The highest BCUT2D eigenvalue weighted by Crippen LogP contribution is 2.45. The van der Waals surface area contributed by atoms with Gasteiger partial charge in [-0.2, -0.15) is 0 Å². The van der Waals surface area contributed by atoms with Crippen molar-refractivity contribution in [3.63, 3.8) is 0 Å². The average molecular weight is 721 g/mol. The molecule has 55 heavy (non-hydrogen) atoms. The molecule has 0 spiro atoms. The molecule has 0 fully saturated rings. The van der Waals surface area contributed by atoms with E-state index in [-0.39, 0.29) is 0 Å². The molecule has 260 valence electrons. The van der Waals surface area contributed by atoms with Crippen LogP contribution in [-0.4, -0.2) is 0 Å². The fourth-order valence-corrected chi connectivity index (χ4v) is 8.93. The van der Waals surface area contributed by atoms with E-state index in [2.05, 4.69) is 228 Å². The lowest BCUT2D eigenvalue weighted by Gasteiger charge is -2.27. The number of nitrogens with zero attached hydrogens (tertiary/aromatic N) is 2. The highest BCUT2D eigenvalue weighted by molar-refractivity contribution is 7.25. The zero-order chi connectivity index (χ0) is 36.6. The lowest BCUT2D eigenvalue weighted by atomic mass is 10.0. The van der Waals surface area contributed by atoms with Gasteiger partial charge in [0.05, 0.1) is 5.69 Å². The molecule has 10 rings (SSSR count). The van der Waals surface area contributed by atoms with Gasteiger partial charge >= 0.3 is 0 Å². The molecule has 1 aromatic heterocycles. The minimum absolute atomic E-state index is 1.11. The van der Waals surface area contributed by atoms with Crippen LogP contribution in [0.15, 0.2) is 218 Å². The minimum atomic E-state index is 1.11. The smallest absolute Gasteiger partial charge is 0.0540 e. The van der Waals surface area contributed by atoms with Gasteiger partial charge in [0, 0.05) is 54.0 Å². The Hall–Kier alpha value is -6.94. The van der Waals surface area contributed by atoms with Gasteiger partial charge in [0.15, 0.2) is 0 Å². The second-order valence-corrected chi connectivity index (χ2v) is 14.9. The maximum atomic E-state index is 2.39. The molecule has 0 atom stereocenters. The summed E-state index contributed by atoms with van der Waals surface area (Å²) < 4.78 is 2.52. The summed E-state index contributed by atoms with van der Waals surface area (Å²) in [5, 5.41) is 4.99. The van der Waals surface area contributed by atoms with Gasteiger partial charge in [0.2, 0.25) is 0 Å². The van der Waals surface area contributed by atoms with Gasteiger partial charge < -0.3 is 9.80 Å². The first-order valence-electron chi connectivity index (χ1n) is 18.7. The van der Waals surface area contributed by atoms with Gasteiger partial charge in [0.25, 0.3) is 0 Å². The first-order valence-corrected chi connectivity index (χ1v) is 19.5. The molecule has 0 unspecified atom stereocenters. The van der Waals surface area contributed by atoms with Crippen molar-refractivity contribution in [1.29, 1.82) is 0 Å². The van der Waals surface area contributed by atoms with Crippen molar-refractivity contribution >= 4 is 76.4 Å². The highest BCUT2D eigenvalue weighted by Gasteiger charge is 2.19. The lowest BCUT2D eigenvalue weighted by Crippen LogP contribution is -2.10. The van der Waals surface area contributed by atoms with Crippen LogP contribution in [0.2, 0.25) is 0 Å². The van der Waals surface area contributed by atoms with Crippen molar-refractivity contribution in [3.8, 4) is 22.3 Å². The molecule has 0 aliphatic rings. The summed E-state index contributed by atoms with van der Waals surface area (Å²) in [5.41, 5.74) is 11.6. The maximum Gasteiger partial charge on any atom is 0.0540 e. The first-order chi connectivity index (χ1) is 27.3. The van der Waals surface area contributed by atoms with E-state index in [0.717, 1.165) is 28.4 Å². The average Bonchev–Trinajstić information content (AvgIpc) is 3.63. The van der Waals surface area contributed by atoms with E-state index < -0.39 is 0 Å². The molecule has 0 saturated heterocycles. The van der Waals surface area contributed by atoms with Crippen LogP contribution in [0.5, 0.6) is 0 Å². The Morgan fingerprint density at radius 1 is 0.273 bits per heavy atom. The second-order valence-electron chi connectivity index (χ2n) is 13.8. The van der Waals surface area contributed by atoms with E-state index >= 15 is 0 Å². The standard InChI is InChI=1S/C52H36N2S/c1-4-13-37(14-5-1)39-23-27-43(28-24-39)53(44-29-25-40(26-30-44)38-15-6-2-7-16-38)45-31-33-48-49-34-32-46(36-52(49)55-51(48)35-45)54(42-19-8-3-9-20-42)50-22-12-18-41-17-10-11-21-47(41)50/h1-36H. The van der Waals surface area contributed by atoms with Gasteiger partial charge in [-0.15, -0.1) is 11.3 Å². The SMILES string of the molecule is c1ccc(-c2ccc(N(c3ccc(-c4ccccc4)cc3)c3ccc4c(c3)sc3cc(N(c5ccccc5)c5cccc6ccccc56)ccc34)cc2)cc1. The molecule has 3 heteroatoms. The van der Waals surface area contributed by atoms with Crippen molar-refractivity contribution in [2.75, 3.05) is 9.80 Å². The number of anilines is 6. The third-order valence-corrected chi connectivity index (χ3v) is 11.6. The zero-order valence-electron chi connectivity index (χ0n) is 30.1. The molecule has 10 aromatic rings. The molecule has 0 aliphatic heterocycles. The van der Waals surface area contributed by atoms with Gasteiger partial charge in [-0.25, -0.2) is 0 Å². The number of para-hydroxylation sites is 1. The number of fused-ring (bicyclic) bond motifs is 4. The van der Waals surface area contributed by atoms with Gasteiger partial charge in [-0.3, -0.25) is 0 Å². The van der Waals surface area contributed by atoms with Gasteiger partial charge in [-0.05, 0) is 94.4 Å². The Morgan fingerprint density at radius 3 is 1.25 bits per heavy atom. The van der Waals surface area contributed by atoms with Crippen LogP contribution in [0.3, 0.4) is 0 Å². The third kappa shape index (κ3) is 6.21.